The smallest absolute Gasteiger partial charge is 0.281 e. The Labute approximate surface area is 105 Å². The number of hydrogen-bond acceptors (Lipinski definition) is 3. The third kappa shape index (κ3) is 4.21. The predicted molar refractivity (Wildman–Crippen MR) is 70.0 cm³/mol. The molecular formula is C11H25N3O2S. The molecule has 1 saturated heterocycles. The fourth-order valence-corrected chi connectivity index (χ4v) is 3.32. The minimum atomic E-state index is -3.27. The summed E-state index contributed by atoms with van der Waals surface area (Å²) in [6.45, 7) is 6.42. The van der Waals surface area contributed by atoms with E-state index < -0.39 is 10.2 Å². The minimum absolute atomic E-state index is 0.271. The molecule has 1 heterocycles. The van der Waals surface area contributed by atoms with Gasteiger partial charge in [0.05, 0.1) is 0 Å². The topological polar surface area (TPSA) is 52.7 Å². The summed E-state index contributed by atoms with van der Waals surface area (Å²) in [6.07, 6.45) is 1.89. The largest absolute Gasteiger partial charge is 0.313 e. The molecule has 1 atom stereocenters. The molecule has 5 nitrogen and oxygen atoms in total. The molecule has 1 aliphatic heterocycles. The zero-order valence-electron chi connectivity index (χ0n) is 11.3. The molecule has 6 heteroatoms. The van der Waals surface area contributed by atoms with Crippen LogP contribution in [0.1, 0.15) is 26.7 Å². The van der Waals surface area contributed by atoms with Crippen LogP contribution in [-0.4, -0.2) is 56.8 Å². The molecule has 1 unspecified atom stereocenters. The Morgan fingerprint density at radius 3 is 2.59 bits per heavy atom. The summed E-state index contributed by atoms with van der Waals surface area (Å²) in [5, 5.41) is 3.43. The average molecular weight is 263 g/mol. The molecular weight excluding hydrogens is 238 g/mol. The van der Waals surface area contributed by atoms with Crippen molar-refractivity contribution in [2.45, 2.75) is 32.7 Å². The summed E-state index contributed by atoms with van der Waals surface area (Å²) < 4.78 is 27.1. The summed E-state index contributed by atoms with van der Waals surface area (Å²) in [5.74, 6) is 0.578. The average Bonchev–Trinajstić information content (AvgIpc) is 2.42. The molecule has 0 aromatic carbocycles. The van der Waals surface area contributed by atoms with Gasteiger partial charge in [0.25, 0.3) is 10.2 Å². The van der Waals surface area contributed by atoms with Gasteiger partial charge in [0.2, 0.25) is 0 Å². The third-order valence-corrected chi connectivity index (χ3v) is 4.89. The van der Waals surface area contributed by atoms with E-state index in [0.29, 0.717) is 19.0 Å². The van der Waals surface area contributed by atoms with Crippen molar-refractivity contribution in [3.05, 3.63) is 0 Å². The maximum Gasteiger partial charge on any atom is 0.281 e. The second-order valence-corrected chi connectivity index (χ2v) is 7.42. The highest BCUT2D eigenvalue weighted by molar-refractivity contribution is 7.86. The Hall–Kier alpha value is -0.170. The lowest BCUT2D eigenvalue weighted by Gasteiger charge is -2.27. The number of nitrogens with zero attached hydrogens (tertiary/aromatic N) is 2. The first kappa shape index (κ1) is 14.9. The van der Waals surface area contributed by atoms with E-state index in [2.05, 4.69) is 19.2 Å². The van der Waals surface area contributed by atoms with Gasteiger partial charge < -0.3 is 5.32 Å². The van der Waals surface area contributed by atoms with Crippen molar-refractivity contribution in [2.75, 3.05) is 33.7 Å². The molecule has 1 N–H and O–H groups in total. The maximum atomic E-state index is 12.1. The summed E-state index contributed by atoms with van der Waals surface area (Å²) >= 11 is 0. The zero-order chi connectivity index (χ0) is 13.1. The van der Waals surface area contributed by atoms with Crippen molar-refractivity contribution in [1.82, 2.24) is 13.9 Å². The fraction of sp³-hybridized carbons (Fsp3) is 1.00. The number of hydrogen-bond donors (Lipinski definition) is 1. The van der Waals surface area contributed by atoms with Gasteiger partial charge in [0.1, 0.15) is 0 Å². The Morgan fingerprint density at radius 1 is 1.41 bits per heavy atom. The van der Waals surface area contributed by atoms with E-state index in [9.17, 15) is 8.42 Å². The maximum absolute atomic E-state index is 12.1. The minimum Gasteiger partial charge on any atom is -0.313 e. The Morgan fingerprint density at radius 2 is 2.06 bits per heavy atom. The molecule has 0 aliphatic carbocycles. The van der Waals surface area contributed by atoms with Crippen LogP contribution in [0.5, 0.6) is 0 Å². The van der Waals surface area contributed by atoms with Crippen LogP contribution in [0.15, 0.2) is 0 Å². The molecule has 1 rings (SSSR count). The Bertz CT molecular complexity index is 328. The second kappa shape index (κ2) is 6.13. The Balaban J connectivity index is 2.73. The molecule has 0 radical (unpaired) electrons. The number of rotatable bonds is 4. The van der Waals surface area contributed by atoms with Gasteiger partial charge in [-0.25, -0.2) is 0 Å². The molecule has 0 amide bonds. The first-order chi connectivity index (χ1) is 7.84. The van der Waals surface area contributed by atoms with Gasteiger partial charge in [0.15, 0.2) is 0 Å². The normalized spacial score (nSPS) is 24.2. The van der Waals surface area contributed by atoms with E-state index in [1.165, 1.54) is 4.31 Å². The first-order valence-corrected chi connectivity index (χ1v) is 7.64. The predicted octanol–water partition coefficient (Wildman–Crippen LogP) is 0.503. The first-order valence-electron chi connectivity index (χ1n) is 6.25. The van der Waals surface area contributed by atoms with Gasteiger partial charge in [-0.05, 0) is 25.3 Å². The summed E-state index contributed by atoms with van der Waals surface area (Å²) in [6, 6.07) is 0.271. The summed E-state index contributed by atoms with van der Waals surface area (Å²) in [4.78, 5) is 0. The van der Waals surface area contributed by atoms with Gasteiger partial charge in [0, 0.05) is 33.2 Å². The van der Waals surface area contributed by atoms with E-state index in [1.54, 1.807) is 18.4 Å². The molecule has 0 saturated carbocycles. The van der Waals surface area contributed by atoms with Crippen LogP contribution in [0.25, 0.3) is 0 Å². The quantitative estimate of drug-likeness (QED) is 0.804. The van der Waals surface area contributed by atoms with Crippen molar-refractivity contribution >= 4 is 10.2 Å². The van der Waals surface area contributed by atoms with Crippen LogP contribution in [0.4, 0.5) is 0 Å². The molecule has 0 spiro atoms. The molecule has 102 valence electrons. The number of nitrogens with one attached hydrogen (secondary N) is 1. The van der Waals surface area contributed by atoms with Crippen molar-refractivity contribution in [1.29, 1.82) is 0 Å². The van der Waals surface area contributed by atoms with Crippen LogP contribution in [0.2, 0.25) is 0 Å². The highest BCUT2D eigenvalue weighted by atomic mass is 32.2. The van der Waals surface area contributed by atoms with Crippen LogP contribution in [-0.2, 0) is 10.2 Å². The van der Waals surface area contributed by atoms with Crippen molar-refractivity contribution in [3.8, 4) is 0 Å². The second-order valence-electron chi connectivity index (χ2n) is 5.28. The standard InChI is InChI=1S/C11H25N3O2S/c1-10(2)8-11-9-14(7-5-6-12-11)17(15,16)13(3)4/h10-12H,5-9H2,1-4H3. The summed E-state index contributed by atoms with van der Waals surface area (Å²) in [5.41, 5.74) is 0. The van der Waals surface area contributed by atoms with Gasteiger partial charge in [-0.3, -0.25) is 0 Å². The van der Waals surface area contributed by atoms with E-state index >= 15 is 0 Å². The van der Waals surface area contributed by atoms with Crippen molar-refractivity contribution in [3.63, 3.8) is 0 Å². The van der Waals surface area contributed by atoms with E-state index in [-0.39, 0.29) is 6.04 Å². The van der Waals surface area contributed by atoms with Gasteiger partial charge >= 0.3 is 0 Å². The SMILES string of the molecule is CC(C)CC1CN(S(=O)(=O)N(C)C)CCCN1. The van der Waals surface area contributed by atoms with Gasteiger partial charge in [-0.2, -0.15) is 17.0 Å². The van der Waals surface area contributed by atoms with Gasteiger partial charge in [-0.15, -0.1) is 0 Å². The van der Waals surface area contributed by atoms with Crippen LogP contribution < -0.4 is 5.32 Å². The fourth-order valence-electron chi connectivity index (χ4n) is 2.13. The van der Waals surface area contributed by atoms with Crippen molar-refractivity contribution in [2.24, 2.45) is 5.92 Å². The molecule has 0 bridgehead atoms. The van der Waals surface area contributed by atoms with E-state index in [4.69, 9.17) is 0 Å². The van der Waals surface area contributed by atoms with E-state index in [0.717, 1.165) is 19.4 Å². The molecule has 17 heavy (non-hydrogen) atoms. The Kier molecular flexibility index (Phi) is 5.37. The van der Waals surface area contributed by atoms with Crippen LogP contribution >= 0.6 is 0 Å². The van der Waals surface area contributed by atoms with Crippen LogP contribution in [0, 0.1) is 5.92 Å². The molecule has 1 aliphatic rings. The summed E-state index contributed by atoms with van der Waals surface area (Å²) in [7, 11) is -0.0885. The zero-order valence-corrected chi connectivity index (χ0v) is 12.1. The lowest BCUT2D eigenvalue weighted by molar-refractivity contribution is 0.339. The molecule has 0 aromatic rings. The van der Waals surface area contributed by atoms with Gasteiger partial charge in [-0.1, -0.05) is 13.8 Å². The lowest BCUT2D eigenvalue weighted by Crippen LogP contribution is -2.45. The third-order valence-electron chi connectivity index (χ3n) is 2.98. The van der Waals surface area contributed by atoms with Crippen molar-refractivity contribution < 1.29 is 8.42 Å². The molecule has 0 aromatic heterocycles. The lowest BCUT2D eigenvalue weighted by atomic mass is 10.0. The highest BCUT2D eigenvalue weighted by Gasteiger charge is 2.28. The monoisotopic (exact) mass is 263 g/mol. The highest BCUT2D eigenvalue weighted by Crippen LogP contribution is 2.13. The van der Waals surface area contributed by atoms with Crippen LogP contribution in [0.3, 0.4) is 0 Å². The van der Waals surface area contributed by atoms with E-state index in [1.807, 2.05) is 0 Å². The molecule has 1 fully saturated rings.